The van der Waals surface area contributed by atoms with Crippen molar-refractivity contribution in [2.75, 3.05) is 18.0 Å². The lowest BCUT2D eigenvalue weighted by molar-refractivity contribution is -0.141. The molecule has 1 fully saturated rings. The average molecular weight is 260 g/mol. The van der Waals surface area contributed by atoms with Crippen molar-refractivity contribution < 1.29 is 13.2 Å². The molecule has 1 aliphatic rings. The molecule has 1 unspecified atom stereocenters. The molecule has 0 aromatic carbocycles. The number of hydrogen-bond acceptors (Lipinski definition) is 4. The van der Waals surface area contributed by atoms with Gasteiger partial charge in [0.25, 0.3) is 0 Å². The first kappa shape index (κ1) is 13.1. The van der Waals surface area contributed by atoms with E-state index in [1.54, 1.807) is 4.90 Å². The van der Waals surface area contributed by atoms with Crippen molar-refractivity contribution in [3.05, 3.63) is 18.0 Å². The van der Waals surface area contributed by atoms with E-state index in [4.69, 9.17) is 5.73 Å². The predicted octanol–water partition coefficient (Wildman–Crippen LogP) is 1.81. The molecule has 0 aliphatic carbocycles. The summed E-state index contributed by atoms with van der Waals surface area (Å²) < 4.78 is 37.6. The van der Waals surface area contributed by atoms with E-state index >= 15 is 0 Å². The summed E-state index contributed by atoms with van der Waals surface area (Å²) in [7, 11) is 0. The first-order valence-electron chi connectivity index (χ1n) is 5.87. The minimum Gasteiger partial charge on any atom is -0.341 e. The van der Waals surface area contributed by atoms with Gasteiger partial charge in [0.1, 0.15) is 5.69 Å². The standard InChI is InChI=1S/C11H15F3N4/c12-11(13,14)9-3-5-16-10(17-9)18-6-1-2-8(15)4-7-18/h3,5,8H,1-2,4,6-7,15H2. The maximum absolute atomic E-state index is 12.5. The van der Waals surface area contributed by atoms with Crippen molar-refractivity contribution in [1.82, 2.24) is 9.97 Å². The van der Waals surface area contributed by atoms with Gasteiger partial charge in [-0.2, -0.15) is 13.2 Å². The number of aromatic nitrogens is 2. The molecule has 1 aliphatic heterocycles. The van der Waals surface area contributed by atoms with Crippen LogP contribution in [0, 0.1) is 0 Å². The van der Waals surface area contributed by atoms with Crippen LogP contribution < -0.4 is 10.6 Å². The van der Waals surface area contributed by atoms with Crippen LogP contribution in [0.3, 0.4) is 0 Å². The molecule has 4 nitrogen and oxygen atoms in total. The Morgan fingerprint density at radius 1 is 1.28 bits per heavy atom. The fraction of sp³-hybridized carbons (Fsp3) is 0.636. The Morgan fingerprint density at radius 2 is 2.06 bits per heavy atom. The van der Waals surface area contributed by atoms with Crippen molar-refractivity contribution in [2.24, 2.45) is 5.73 Å². The third-order valence-corrected chi connectivity index (χ3v) is 2.99. The van der Waals surface area contributed by atoms with Crippen LogP contribution in [0.4, 0.5) is 19.1 Å². The molecule has 0 saturated carbocycles. The van der Waals surface area contributed by atoms with Crippen LogP contribution in [-0.4, -0.2) is 29.1 Å². The van der Waals surface area contributed by atoms with Crippen LogP contribution in [0.15, 0.2) is 12.3 Å². The molecule has 0 radical (unpaired) electrons. The second-order valence-corrected chi connectivity index (χ2v) is 4.42. The summed E-state index contributed by atoms with van der Waals surface area (Å²) in [6.45, 7) is 1.25. The first-order chi connectivity index (χ1) is 8.47. The molecule has 2 N–H and O–H groups in total. The molecule has 100 valence electrons. The van der Waals surface area contributed by atoms with E-state index in [1.807, 2.05) is 0 Å². The van der Waals surface area contributed by atoms with E-state index in [0.29, 0.717) is 13.1 Å². The smallest absolute Gasteiger partial charge is 0.341 e. The molecule has 7 heteroatoms. The van der Waals surface area contributed by atoms with E-state index < -0.39 is 11.9 Å². The Kier molecular flexibility index (Phi) is 3.70. The quantitative estimate of drug-likeness (QED) is 0.836. The molecule has 2 rings (SSSR count). The Labute approximate surface area is 103 Å². The molecule has 1 atom stereocenters. The van der Waals surface area contributed by atoms with Crippen LogP contribution in [0.2, 0.25) is 0 Å². The highest BCUT2D eigenvalue weighted by Gasteiger charge is 2.33. The normalized spacial score (nSPS) is 21.8. The fourth-order valence-electron chi connectivity index (χ4n) is 1.98. The Hall–Kier alpha value is -1.37. The first-order valence-corrected chi connectivity index (χ1v) is 5.87. The largest absolute Gasteiger partial charge is 0.433 e. The van der Waals surface area contributed by atoms with Crippen LogP contribution in [-0.2, 0) is 6.18 Å². The van der Waals surface area contributed by atoms with Gasteiger partial charge in [-0.1, -0.05) is 0 Å². The molecule has 0 spiro atoms. The molecule has 0 amide bonds. The molecule has 0 bridgehead atoms. The lowest BCUT2D eigenvalue weighted by atomic mass is 10.1. The van der Waals surface area contributed by atoms with Gasteiger partial charge < -0.3 is 10.6 Å². The third kappa shape index (κ3) is 3.10. The topological polar surface area (TPSA) is 55.0 Å². The highest BCUT2D eigenvalue weighted by atomic mass is 19.4. The van der Waals surface area contributed by atoms with Gasteiger partial charge in [0.15, 0.2) is 0 Å². The lowest BCUT2D eigenvalue weighted by Crippen LogP contribution is -2.28. The van der Waals surface area contributed by atoms with E-state index in [-0.39, 0.29) is 12.0 Å². The van der Waals surface area contributed by atoms with E-state index in [1.165, 1.54) is 0 Å². The zero-order valence-corrected chi connectivity index (χ0v) is 9.82. The number of anilines is 1. The third-order valence-electron chi connectivity index (χ3n) is 2.99. The minimum atomic E-state index is -4.43. The lowest BCUT2D eigenvalue weighted by Gasteiger charge is -2.20. The Balaban J connectivity index is 2.17. The number of rotatable bonds is 1. The van der Waals surface area contributed by atoms with Crippen LogP contribution in [0.1, 0.15) is 25.0 Å². The van der Waals surface area contributed by atoms with Crippen molar-refractivity contribution in [2.45, 2.75) is 31.5 Å². The summed E-state index contributed by atoms with van der Waals surface area (Å²) in [5, 5.41) is 0. The average Bonchev–Trinajstić information content (AvgIpc) is 2.53. The van der Waals surface area contributed by atoms with Crippen molar-refractivity contribution in [3.8, 4) is 0 Å². The van der Waals surface area contributed by atoms with Gasteiger partial charge in [-0.25, -0.2) is 9.97 Å². The van der Waals surface area contributed by atoms with Gasteiger partial charge in [0, 0.05) is 25.3 Å². The highest BCUT2D eigenvalue weighted by molar-refractivity contribution is 5.31. The molecule has 1 aromatic heterocycles. The predicted molar refractivity (Wildman–Crippen MR) is 61.1 cm³/mol. The Morgan fingerprint density at radius 3 is 2.78 bits per heavy atom. The number of nitrogens with two attached hydrogens (primary N) is 1. The molecule has 1 aromatic rings. The summed E-state index contributed by atoms with van der Waals surface area (Å²) in [4.78, 5) is 9.27. The second kappa shape index (κ2) is 5.09. The van der Waals surface area contributed by atoms with Gasteiger partial charge >= 0.3 is 6.18 Å². The summed E-state index contributed by atoms with van der Waals surface area (Å²) in [6, 6.07) is 0.994. The molecular weight excluding hydrogens is 245 g/mol. The van der Waals surface area contributed by atoms with E-state index in [0.717, 1.165) is 31.5 Å². The summed E-state index contributed by atoms with van der Waals surface area (Å²) in [6.07, 6.45) is -0.800. The summed E-state index contributed by atoms with van der Waals surface area (Å²) in [5.74, 6) is 0.138. The molecular formula is C11H15F3N4. The zero-order valence-electron chi connectivity index (χ0n) is 9.82. The van der Waals surface area contributed by atoms with Crippen LogP contribution >= 0.6 is 0 Å². The summed E-state index contributed by atoms with van der Waals surface area (Å²) >= 11 is 0. The SMILES string of the molecule is NC1CCCN(c2nccc(C(F)(F)F)n2)CC1. The Bertz CT molecular complexity index is 408. The van der Waals surface area contributed by atoms with Gasteiger partial charge in [-0.15, -0.1) is 0 Å². The van der Waals surface area contributed by atoms with E-state index in [2.05, 4.69) is 9.97 Å². The molecule has 18 heavy (non-hydrogen) atoms. The van der Waals surface area contributed by atoms with Crippen molar-refractivity contribution in [3.63, 3.8) is 0 Å². The maximum Gasteiger partial charge on any atom is 0.433 e. The van der Waals surface area contributed by atoms with Gasteiger partial charge in [-0.3, -0.25) is 0 Å². The molecule has 1 saturated heterocycles. The van der Waals surface area contributed by atoms with Crippen LogP contribution in [0.25, 0.3) is 0 Å². The number of alkyl halides is 3. The van der Waals surface area contributed by atoms with E-state index in [9.17, 15) is 13.2 Å². The van der Waals surface area contributed by atoms with Crippen molar-refractivity contribution >= 4 is 5.95 Å². The highest BCUT2D eigenvalue weighted by Crippen LogP contribution is 2.28. The minimum absolute atomic E-state index is 0.112. The second-order valence-electron chi connectivity index (χ2n) is 4.42. The monoisotopic (exact) mass is 260 g/mol. The maximum atomic E-state index is 12.5. The number of halogens is 3. The van der Waals surface area contributed by atoms with Gasteiger partial charge in [-0.05, 0) is 25.3 Å². The van der Waals surface area contributed by atoms with Gasteiger partial charge in [0.2, 0.25) is 5.95 Å². The fourth-order valence-corrected chi connectivity index (χ4v) is 1.98. The van der Waals surface area contributed by atoms with Crippen LogP contribution in [0.5, 0.6) is 0 Å². The van der Waals surface area contributed by atoms with Gasteiger partial charge in [0.05, 0.1) is 0 Å². The summed E-state index contributed by atoms with van der Waals surface area (Å²) in [5.41, 5.74) is 4.92. The zero-order chi connectivity index (χ0) is 13.2. The molecule has 2 heterocycles. The number of nitrogens with zero attached hydrogens (tertiary/aromatic N) is 3. The van der Waals surface area contributed by atoms with Crippen molar-refractivity contribution in [1.29, 1.82) is 0 Å². The number of hydrogen-bond donors (Lipinski definition) is 1.